The zero-order chi connectivity index (χ0) is 13.1. The molecule has 2 aliphatic carbocycles. The van der Waals surface area contributed by atoms with Crippen LogP contribution in [0.1, 0.15) is 64.2 Å². The molecule has 3 atom stereocenters. The van der Waals surface area contributed by atoms with Crippen LogP contribution in [0.3, 0.4) is 0 Å². The lowest BCUT2D eigenvalue weighted by molar-refractivity contribution is -0.0362. The summed E-state index contributed by atoms with van der Waals surface area (Å²) in [5.41, 5.74) is -0.373. The van der Waals surface area contributed by atoms with Gasteiger partial charge in [0.05, 0.1) is 5.60 Å². The van der Waals surface area contributed by atoms with E-state index in [1.807, 2.05) is 0 Å². The number of nitrogens with one attached hydrogen (secondary N) is 2. The third kappa shape index (κ3) is 3.32. The highest BCUT2D eigenvalue weighted by atomic mass is 16.3. The van der Waals surface area contributed by atoms with Gasteiger partial charge < -0.3 is 15.7 Å². The van der Waals surface area contributed by atoms with Crippen molar-refractivity contribution in [2.24, 2.45) is 5.92 Å². The van der Waals surface area contributed by atoms with Crippen LogP contribution in [0.15, 0.2) is 0 Å². The topological polar surface area (TPSA) is 44.3 Å². The van der Waals surface area contributed by atoms with Crippen molar-refractivity contribution in [2.45, 2.75) is 81.9 Å². The van der Waals surface area contributed by atoms with E-state index in [1.54, 1.807) is 0 Å². The largest absolute Gasteiger partial charge is 0.389 e. The van der Waals surface area contributed by atoms with Crippen molar-refractivity contribution in [1.29, 1.82) is 0 Å². The molecule has 3 aliphatic rings. The first-order chi connectivity index (χ1) is 9.27. The van der Waals surface area contributed by atoms with Gasteiger partial charge in [-0.2, -0.15) is 0 Å². The lowest BCUT2D eigenvalue weighted by Crippen LogP contribution is -2.55. The van der Waals surface area contributed by atoms with Gasteiger partial charge in [-0.1, -0.05) is 19.3 Å². The van der Waals surface area contributed by atoms with Crippen LogP contribution in [-0.2, 0) is 0 Å². The Bertz CT molecular complexity index is 284. The first-order valence-corrected chi connectivity index (χ1v) is 8.46. The van der Waals surface area contributed by atoms with Crippen LogP contribution < -0.4 is 10.6 Å². The number of hydrogen-bond donors (Lipinski definition) is 3. The van der Waals surface area contributed by atoms with E-state index in [0.717, 1.165) is 31.3 Å². The van der Waals surface area contributed by atoms with E-state index < -0.39 is 0 Å². The Labute approximate surface area is 117 Å². The maximum atomic E-state index is 10.3. The van der Waals surface area contributed by atoms with Crippen molar-refractivity contribution >= 4 is 0 Å². The molecule has 0 bridgehead atoms. The van der Waals surface area contributed by atoms with Gasteiger partial charge in [-0.05, 0) is 57.4 Å². The maximum Gasteiger partial charge on any atom is 0.0771 e. The van der Waals surface area contributed by atoms with E-state index >= 15 is 0 Å². The van der Waals surface area contributed by atoms with Crippen LogP contribution in [0.4, 0.5) is 0 Å². The van der Waals surface area contributed by atoms with Gasteiger partial charge >= 0.3 is 0 Å². The third-order valence-corrected chi connectivity index (χ3v) is 5.66. The zero-order valence-electron chi connectivity index (χ0n) is 12.2. The first kappa shape index (κ1) is 13.8. The Morgan fingerprint density at radius 2 is 1.79 bits per heavy atom. The summed E-state index contributed by atoms with van der Waals surface area (Å²) in [7, 11) is 0. The van der Waals surface area contributed by atoms with E-state index in [1.165, 1.54) is 57.9 Å². The van der Waals surface area contributed by atoms with Gasteiger partial charge in [0.25, 0.3) is 0 Å². The third-order valence-electron chi connectivity index (χ3n) is 5.66. The molecule has 3 fully saturated rings. The smallest absolute Gasteiger partial charge is 0.0771 e. The molecule has 1 heterocycles. The summed E-state index contributed by atoms with van der Waals surface area (Å²) < 4.78 is 0. The molecule has 0 radical (unpaired) electrons. The van der Waals surface area contributed by atoms with Crippen LogP contribution in [0.2, 0.25) is 0 Å². The molecule has 3 rings (SSSR count). The van der Waals surface area contributed by atoms with Gasteiger partial charge in [0.1, 0.15) is 0 Å². The minimum absolute atomic E-state index is 0.373. The van der Waals surface area contributed by atoms with Crippen molar-refractivity contribution in [3.63, 3.8) is 0 Å². The average molecular weight is 266 g/mol. The Kier molecular flexibility index (Phi) is 4.45. The van der Waals surface area contributed by atoms with Crippen LogP contribution in [-0.4, -0.2) is 35.9 Å². The van der Waals surface area contributed by atoms with Crippen molar-refractivity contribution < 1.29 is 5.11 Å². The summed E-state index contributed by atoms with van der Waals surface area (Å²) in [5, 5.41) is 17.7. The predicted molar refractivity (Wildman–Crippen MR) is 78.2 cm³/mol. The summed E-state index contributed by atoms with van der Waals surface area (Å²) >= 11 is 0. The fraction of sp³-hybridized carbons (Fsp3) is 1.00. The molecule has 110 valence electrons. The lowest BCUT2D eigenvalue weighted by atomic mass is 9.76. The Morgan fingerprint density at radius 3 is 2.47 bits per heavy atom. The molecule has 2 saturated carbocycles. The minimum Gasteiger partial charge on any atom is -0.389 e. The fourth-order valence-electron chi connectivity index (χ4n) is 4.22. The van der Waals surface area contributed by atoms with Crippen LogP contribution in [0, 0.1) is 5.92 Å². The molecule has 0 aromatic heterocycles. The molecule has 0 aromatic carbocycles. The van der Waals surface area contributed by atoms with E-state index in [2.05, 4.69) is 10.6 Å². The predicted octanol–water partition coefficient (Wildman–Crippen LogP) is 2.19. The molecule has 3 N–H and O–H groups in total. The molecule has 0 spiro atoms. The van der Waals surface area contributed by atoms with Crippen LogP contribution in [0.25, 0.3) is 0 Å². The zero-order valence-corrected chi connectivity index (χ0v) is 12.2. The average Bonchev–Trinajstić information content (AvgIpc) is 2.44. The first-order valence-electron chi connectivity index (χ1n) is 8.46. The highest BCUT2D eigenvalue weighted by Gasteiger charge is 2.37. The summed E-state index contributed by atoms with van der Waals surface area (Å²) in [6.45, 7) is 2.03. The second kappa shape index (κ2) is 6.11. The molecule has 0 amide bonds. The summed E-state index contributed by atoms with van der Waals surface area (Å²) in [4.78, 5) is 0. The second-order valence-corrected chi connectivity index (χ2v) is 7.07. The number of piperidine rings is 1. The van der Waals surface area contributed by atoms with Crippen molar-refractivity contribution in [3.05, 3.63) is 0 Å². The molecule has 19 heavy (non-hydrogen) atoms. The van der Waals surface area contributed by atoms with Gasteiger partial charge in [-0.25, -0.2) is 0 Å². The van der Waals surface area contributed by atoms with Crippen molar-refractivity contribution in [3.8, 4) is 0 Å². The van der Waals surface area contributed by atoms with Gasteiger partial charge in [0.15, 0.2) is 0 Å². The number of hydrogen-bond acceptors (Lipinski definition) is 3. The molecule has 3 heteroatoms. The molecule has 1 saturated heterocycles. The molecular formula is C16H30N2O. The lowest BCUT2D eigenvalue weighted by Gasteiger charge is -2.43. The highest BCUT2D eigenvalue weighted by molar-refractivity contribution is 4.95. The van der Waals surface area contributed by atoms with Crippen LogP contribution in [0.5, 0.6) is 0 Å². The van der Waals surface area contributed by atoms with E-state index in [0.29, 0.717) is 6.04 Å². The molecule has 3 nitrogen and oxygen atoms in total. The van der Waals surface area contributed by atoms with E-state index in [9.17, 15) is 5.11 Å². The standard InChI is InChI=1S/C16H30N2O/c19-16(9-5-10-16)12-18-15-7-2-1-6-13(15)14-8-3-4-11-17-14/h13-15,17-19H,1-12H2. The minimum atomic E-state index is -0.373. The number of aliphatic hydroxyl groups is 1. The Morgan fingerprint density at radius 1 is 1.00 bits per heavy atom. The maximum absolute atomic E-state index is 10.3. The van der Waals surface area contributed by atoms with Crippen LogP contribution >= 0.6 is 0 Å². The van der Waals surface area contributed by atoms with Gasteiger partial charge in [-0.3, -0.25) is 0 Å². The summed E-state index contributed by atoms with van der Waals surface area (Å²) in [5.74, 6) is 0.790. The van der Waals surface area contributed by atoms with Gasteiger partial charge in [-0.15, -0.1) is 0 Å². The summed E-state index contributed by atoms with van der Waals surface area (Å²) in [6.07, 6.45) is 12.7. The molecule has 1 aliphatic heterocycles. The normalized spacial score (nSPS) is 38.7. The Hall–Kier alpha value is -0.120. The van der Waals surface area contributed by atoms with E-state index in [4.69, 9.17) is 0 Å². The highest BCUT2D eigenvalue weighted by Crippen LogP contribution is 2.33. The SMILES string of the molecule is OC1(CNC2CCCCC2C2CCCCN2)CCC1. The quantitative estimate of drug-likeness (QED) is 0.731. The van der Waals surface area contributed by atoms with Crippen molar-refractivity contribution in [1.82, 2.24) is 10.6 Å². The second-order valence-electron chi connectivity index (χ2n) is 7.07. The molecular weight excluding hydrogens is 236 g/mol. The molecule has 0 aromatic rings. The Balaban J connectivity index is 1.53. The summed E-state index contributed by atoms with van der Waals surface area (Å²) in [6, 6.07) is 1.36. The van der Waals surface area contributed by atoms with Gasteiger partial charge in [0, 0.05) is 18.6 Å². The monoisotopic (exact) mass is 266 g/mol. The fourth-order valence-corrected chi connectivity index (χ4v) is 4.22. The molecule has 3 unspecified atom stereocenters. The number of rotatable bonds is 4. The van der Waals surface area contributed by atoms with E-state index in [-0.39, 0.29) is 5.60 Å². The van der Waals surface area contributed by atoms with Gasteiger partial charge in [0.2, 0.25) is 0 Å². The van der Waals surface area contributed by atoms with Crippen molar-refractivity contribution in [2.75, 3.05) is 13.1 Å².